The van der Waals surface area contributed by atoms with Crippen LogP contribution in [0, 0.1) is 0 Å². The molecule has 0 fully saturated rings. The van der Waals surface area contributed by atoms with E-state index in [9.17, 15) is 4.79 Å². The lowest BCUT2D eigenvalue weighted by atomic mass is 10.1. The van der Waals surface area contributed by atoms with Gasteiger partial charge >= 0.3 is 0 Å². The van der Waals surface area contributed by atoms with Crippen molar-refractivity contribution in [1.82, 2.24) is 19.4 Å². The molecule has 0 aliphatic carbocycles. The van der Waals surface area contributed by atoms with Crippen molar-refractivity contribution >= 4 is 11.7 Å². The minimum atomic E-state index is 0.0818. The zero-order valence-corrected chi connectivity index (χ0v) is 13.7. The van der Waals surface area contributed by atoms with Crippen molar-refractivity contribution in [3.05, 3.63) is 60.6 Å². The summed E-state index contributed by atoms with van der Waals surface area (Å²) in [6, 6.07) is 11.5. The topological polar surface area (TPSA) is 77.0 Å². The second kappa shape index (κ2) is 6.54. The van der Waals surface area contributed by atoms with Crippen LogP contribution in [0.2, 0.25) is 0 Å². The first-order valence-electron chi connectivity index (χ1n) is 7.59. The number of nitrogen functional groups attached to an aromatic ring is 1. The Labute approximate surface area is 140 Å². The zero-order valence-electron chi connectivity index (χ0n) is 13.7. The van der Waals surface area contributed by atoms with E-state index in [1.165, 1.54) is 0 Å². The summed E-state index contributed by atoms with van der Waals surface area (Å²) < 4.78 is 1.98. The van der Waals surface area contributed by atoms with E-state index in [-0.39, 0.29) is 5.91 Å². The Bertz CT molecular complexity index is 852. The van der Waals surface area contributed by atoms with E-state index in [0.29, 0.717) is 12.2 Å². The number of likely N-dealkylation sites (N-methyl/N-ethyl adjacent to an activating group) is 1. The monoisotopic (exact) mass is 321 g/mol. The Kier molecular flexibility index (Phi) is 4.29. The highest BCUT2D eigenvalue weighted by Crippen LogP contribution is 2.22. The zero-order chi connectivity index (χ0) is 17.1. The van der Waals surface area contributed by atoms with Crippen molar-refractivity contribution in [2.45, 2.75) is 6.42 Å². The largest absolute Gasteiger partial charge is 0.384 e. The van der Waals surface area contributed by atoms with E-state index in [0.717, 1.165) is 22.6 Å². The number of imidazole rings is 1. The molecular weight excluding hydrogens is 302 g/mol. The molecule has 2 N–H and O–H groups in total. The van der Waals surface area contributed by atoms with Crippen molar-refractivity contribution in [3.63, 3.8) is 0 Å². The van der Waals surface area contributed by atoms with Crippen LogP contribution in [-0.4, -0.2) is 39.4 Å². The minimum Gasteiger partial charge on any atom is -0.384 e. The molecule has 0 radical (unpaired) electrons. The molecule has 6 nitrogen and oxygen atoms in total. The average molecular weight is 321 g/mol. The smallest absolute Gasteiger partial charge is 0.226 e. The quantitative estimate of drug-likeness (QED) is 0.799. The first-order valence-corrected chi connectivity index (χ1v) is 7.59. The number of carbonyl (C=O) groups excluding carboxylic acids is 1. The van der Waals surface area contributed by atoms with Gasteiger partial charge in [-0.05, 0) is 29.8 Å². The summed E-state index contributed by atoms with van der Waals surface area (Å²) in [5.41, 5.74) is 8.61. The summed E-state index contributed by atoms with van der Waals surface area (Å²) in [5.74, 6) is 1.33. The van der Waals surface area contributed by atoms with Gasteiger partial charge in [-0.2, -0.15) is 0 Å². The minimum absolute atomic E-state index is 0.0818. The molecule has 0 saturated carbocycles. The summed E-state index contributed by atoms with van der Waals surface area (Å²) in [6.45, 7) is 0. The summed E-state index contributed by atoms with van der Waals surface area (Å²) >= 11 is 0. The van der Waals surface area contributed by atoms with Gasteiger partial charge in [0.15, 0.2) is 0 Å². The number of rotatable bonds is 4. The van der Waals surface area contributed by atoms with Crippen LogP contribution in [-0.2, 0) is 11.2 Å². The van der Waals surface area contributed by atoms with Gasteiger partial charge in [-0.25, -0.2) is 9.97 Å². The van der Waals surface area contributed by atoms with Crippen LogP contribution in [0.25, 0.3) is 17.1 Å². The molecule has 6 heteroatoms. The van der Waals surface area contributed by atoms with Gasteiger partial charge in [-0.3, -0.25) is 9.36 Å². The number of carbonyl (C=O) groups is 1. The Hall–Kier alpha value is -3.15. The standard InChI is InChI=1S/C18H19N5O/c1-22(2)17(24)11-13-3-5-15(6-4-13)23-10-9-21-18(23)14-7-8-20-16(19)12-14/h3-10,12H,11H2,1-2H3,(H2,19,20). The third-order valence-electron chi connectivity index (χ3n) is 3.75. The van der Waals surface area contributed by atoms with Gasteiger partial charge < -0.3 is 10.6 Å². The number of anilines is 1. The maximum Gasteiger partial charge on any atom is 0.226 e. The second-order valence-electron chi connectivity index (χ2n) is 5.72. The van der Waals surface area contributed by atoms with Crippen LogP contribution < -0.4 is 5.73 Å². The highest BCUT2D eigenvalue weighted by atomic mass is 16.2. The number of benzene rings is 1. The molecule has 0 spiro atoms. The lowest BCUT2D eigenvalue weighted by Gasteiger charge is -2.11. The van der Waals surface area contributed by atoms with Gasteiger partial charge in [0.1, 0.15) is 11.6 Å². The highest BCUT2D eigenvalue weighted by Gasteiger charge is 2.09. The summed E-state index contributed by atoms with van der Waals surface area (Å²) in [5, 5.41) is 0. The number of pyridine rings is 1. The molecule has 0 unspecified atom stereocenters. The highest BCUT2D eigenvalue weighted by molar-refractivity contribution is 5.78. The number of hydrogen-bond donors (Lipinski definition) is 1. The summed E-state index contributed by atoms with van der Waals surface area (Å²) in [4.78, 5) is 21.8. The fourth-order valence-electron chi connectivity index (χ4n) is 2.42. The van der Waals surface area contributed by atoms with Crippen molar-refractivity contribution in [1.29, 1.82) is 0 Å². The van der Waals surface area contributed by atoms with Crippen molar-refractivity contribution in [3.8, 4) is 17.1 Å². The van der Waals surface area contributed by atoms with Crippen LogP contribution in [0.15, 0.2) is 55.0 Å². The molecule has 2 aromatic heterocycles. The third kappa shape index (κ3) is 3.27. The first kappa shape index (κ1) is 15.7. The molecule has 0 aliphatic rings. The SMILES string of the molecule is CN(C)C(=O)Cc1ccc(-n2ccnc2-c2ccnc(N)c2)cc1. The van der Waals surface area contributed by atoms with Crippen LogP contribution in [0.4, 0.5) is 5.82 Å². The van der Waals surface area contributed by atoms with Crippen LogP contribution >= 0.6 is 0 Å². The maximum absolute atomic E-state index is 11.8. The molecule has 0 atom stereocenters. The van der Waals surface area contributed by atoms with E-state index < -0.39 is 0 Å². The van der Waals surface area contributed by atoms with Crippen molar-refractivity contribution < 1.29 is 4.79 Å². The van der Waals surface area contributed by atoms with Gasteiger partial charge in [0.2, 0.25) is 5.91 Å². The van der Waals surface area contributed by atoms with Crippen molar-refractivity contribution in [2.75, 3.05) is 19.8 Å². The summed E-state index contributed by atoms with van der Waals surface area (Å²) in [6.07, 6.45) is 5.70. The molecule has 3 aromatic rings. The molecule has 0 saturated heterocycles. The van der Waals surface area contributed by atoms with Gasteiger partial charge in [0, 0.05) is 43.9 Å². The van der Waals surface area contributed by atoms with Crippen molar-refractivity contribution in [2.24, 2.45) is 0 Å². The molecule has 3 rings (SSSR count). The average Bonchev–Trinajstić information content (AvgIpc) is 3.05. The molecular formula is C18H19N5O. The molecule has 24 heavy (non-hydrogen) atoms. The van der Waals surface area contributed by atoms with Gasteiger partial charge in [0.05, 0.1) is 6.42 Å². The van der Waals surface area contributed by atoms with Gasteiger partial charge in [-0.1, -0.05) is 12.1 Å². The van der Waals surface area contributed by atoms with E-state index in [4.69, 9.17) is 5.73 Å². The Morgan fingerprint density at radius 1 is 1.12 bits per heavy atom. The fraction of sp³-hybridized carbons (Fsp3) is 0.167. The van der Waals surface area contributed by atoms with Gasteiger partial charge in [-0.15, -0.1) is 0 Å². The maximum atomic E-state index is 11.8. The van der Waals surface area contributed by atoms with E-state index in [1.807, 2.05) is 41.1 Å². The van der Waals surface area contributed by atoms with E-state index >= 15 is 0 Å². The Morgan fingerprint density at radius 3 is 2.54 bits per heavy atom. The van der Waals surface area contributed by atoms with Crippen LogP contribution in [0.1, 0.15) is 5.56 Å². The number of nitrogens with two attached hydrogens (primary N) is 1. The van der Waals surface area contributed by atoms with Gasteiger partial charge in [0.25, 0.3) is 0 Å². The predicted molar refractivity (Wildman–Crippen MR) is 93.6 cm³/mol. The number of nitrogens with zero attached hydrogens (tertiary/aromatic N) is 4. The first-order chi connectivity index (χ1) is 11.5. The third-order valence-corrected chi connectivity index (χ3v) is 3.75. The normalized spacial score (nSPS) is 10.6. The predicted octanol–water partition coefficient (Wildman–Crippen LogP) is 2.15. The Morgan fingerprint density at radius 2 is 1.88 bits per heavy atom. The van der Waals surface area contributed by atoms with Crippen LogP contribution in [0.3, 0.4) is 0 Å². The molecule has 122 valence electrons. The van der Waals surface area contributed by atoms with E-state index in [1.54, 1.807) is 37.5 Å². The van der Waals surface area contributed by atoms with Crippen LogP contribution in [0.5, 0.6) is 0 Å². The lowest BCUT2D eigenvalue weighted by molar-refractivity contribution is -0.127. The Balaban J connectivity index is 1.88. The number of aromatic nitrogens is 3. The molecule has 0 bridgehead atoms. The van der Waals surface area contributed by atoms with E-state index in [2.05, 4.69) is 9.97 Å². The second-order valence-corrected chi connectivity index (χ2v) is 5.72. The fourth-order valence-corrected chi connectivity index (χ4v) is 2.42. The molecule has 0 aliphatic heterocycles. The number of amides is 1. The number of hydrogen-bond acceptors (Lipinski definition) is 4. The summed E-state index contributed by atoms with van der Waals surface area (Å²) in [7, 11) is 3.52. The lowest BCUT2D eigenvalue weighted by Crippen LogP contribution is -2.23. The molecule has 1 amide bonds. The molecule has 2 heterocycles. The molecule has 1 aromatic carbocycles.